The molecule has 3 N–H and O–H groups in total. The van der Waals surface area contributed by atoms with Gasteiger partial charge in [-0.15, -0.1) is 0 Å². The highest BCUT2D eigenvalue weighted by atomic mass is 16.3. The summed E-state index contributed by atoms with van der Waals surface area (Å²) >= 11 is 0. The minimum Gasteiger partial charge on any atom is -0.392 e. The summed E-state index contributed by atoms with van der Waals surface area (Å²) in [6.45, 7) is 5.05. The van der Waals surface area contributed by atoms with Gasteiger partial charge in [-0.2, -0.15) is 0 Å². The van der Waals surface area contributed by atoms with Gasteiger partial charge in [-0.25, -0.2) is 0 Å². The fourth-order valence-corrected chi connectivity index (χ4v) is 6.90. The molecule has 1 amide bonds. The van der Waals surface area contributed by atoms with E-state index in [-0.39, 0.29) is 12.0 Å². The number of nitrogens with two attached hydrogens (primary N) is 1. The number of primary amides is 1. The van der Waals surface area contributed by atoms with Crippen LogP contribution in [0.2, 0.25) is 0 Å². The third kappa shape index (κ3) is 7.51. The third-order valence-corrected chi connectivity index (χ3v) is 8.82. The van der Waals surface area contributed by atoms with Gasteiger partial charge in [0, 0.05) is 50.4 Å². The number of aliphatic hydroxyl groups is 1. The summed E-state index contributed by atoms with van der Waals surface area (Å²) in [6.07, 6.45) is 12.3. The van der Waals surface area contributed by atoms with Gasteiger partial charge in [-0.05, 0) is 88.6 Å². The topological polar surface area (TPSA) is 73.0 Å². The molecule has 3 aliphatic rings. The maximum atomic E-state index is 11.7. The first-order chi connectivity index (χ1) is 16.9. The van der Waals surface area contributed by atoms with Crippen LogP contribution in [0.3, 0.4) is 0 Å². The largest absolute Gasteiger partial charge is 0.392 e. The average Bonchev–Trinajstić information content (AvgIpc) is 3.08. The molecule has 1 saturated carbocycles. The van der Waals surface area contributed by atoms with Crippen LogP contribution in [0.5, 0.6) is 0 Å². The predicted molar refractivity (Wildman–Crippen MR) is 143 cm³/mol. The van der Waals surface area contributed by atoms with Crippen LogP contribution in [-0.2, 0) is 0 Å². The summed E-state index contributed by atoms with van der Waals surface area (Å²) in [7, 11) is 4.16. The van der Waals surface area contributed by atoms with Gasteiger partial charge in [0.1, 0.15) is 0 Å². The number of hydrogen-bond acceptors (Lipinski definition) is 5. The van der Waals surface area contributed by atoms with E-state index >= 15 is 0 Å². The van der Waals surface area contributed by atoms with Crippen LogP contribution in [0.25, 0.3) is 0 Å². The smallest absolute Gasteiger partial charge is 0.248 e. The van der Waals surface area contributed by atoms with Gasteiger partial charge < -0.3 is 15.7 Å². The Bertz CT molecular complexity index is 796. The molecule has 3 fully saturated rings. The van der Waals surface area contributed by atoms with Crippen molar-refractivity contribution >= 4 is 5.91 Å². The number of nitrogens with zero attached hydrogens (tertiary/aromatic N) is 3. The quantitative estimate of drug-likeness (QED) is 0.473. The van der Waals surface area contributed by atoms with Gasteiger partial charge in [0.05, 0.1) is 6.10 Å². The lowest BCUT2D eigenvalue weighted by atomic mass is 9.84. The van der Waals surface area contributed by atoms with Gasteiger partial charge in [0.25, 0.3) is 0 Å². The summed E-state index contributed by atoms with van der Waals surface area (Å²) < 4.78 is 0. The van der Waals surface area contributed by atoms with E-state index in [0.717, 1.165) is 45.1 Å². The van der Waals surface area contributed by atoms with E-state index in [9.17, 15) is 9.90 Å². The molecule has 2 unspecified atom stereocenters. The number of hydrogen-bond donors (Lipinski definition) is 2. The van der Waals surface area contributed by atoms with Crippen LogP contribution >= 0.6 is 0 Å². The molecule has 3 atom stereocenters. The Kier molecular flexibility index (Phi) is 9.62. The minimum absolute atomic E-state index is 0.249. The Morgan fingerprint density at radius 3 is 2.46 bits per heavy atom. The highest BCUT2D eigenvalue weighted by molar-refractivity contribution is 5.92. The second-order valence-electron chi connectivity index (χ2n) is 11.8. The minimum atomic E-state index is -0.335. The van der Waals surface area contributed by atoms with Crippen LogP contribution in [0.4, 0.5) is 0 Å². The summed E-state index contributed by atoms with van der Waals surface area (Å²) in [5.41, 5.74) is 7.44. The Morgan fingerprint density at radius 1 is 1.09 bits per heavy atom. The van der Waals surface area contributed by atoms with Crippen molar-refractivity contribution in [1.82, 2.24) is 14.7 Å². The van der Waals surface area contributed by atoms with E-state index in [4.69, 9.17) is 5.73 Å². The molecule has 1 aromatic carbocycles. The van der Waals surface area contributed by atoms with Gasteiger partial charge in [-0.1, -0.05) is 31.4 Å². The molecule has 2 saturated heterocycles. The summed E-state index contributed by atoms with van der Waals surface area (Å²) in [4.78, 5) is 19.2. The van der Waals surface area contributed by atoms with E-state index in [1.807, 2.05) is 18.2 Å². The highest BCUT2D eigenvalue weighted by Gasteiger charge is 2.41. The van der Waals surface area contributed by atoms with Crippen LogP contribution in [-0.4, -0.2) is 90.7 Å². The molecule has 0 spiro atoms. The van der Waals surface area contributed by atoms with Crippen molar-refractivity contribution in [3.8, 4) is 0 Å². The van der Waals surface area contributed by atoms with Crippen molar-refractivity contribution in [1.29, 1.82) is 0 Å². The van der Waals surface area contributed by atoms with Crippen LogP contribution < -0.4 is 5.73 Å². The fraction of sp³-hybridized carbons (Fsp3) is 0.759. The number of carbonyl (C=O) groups is 1. The lowest BCUT2D eigenvalue weighted by Crippen LogP contribution is -2.47. The lowest BCUT2D eigenvalue weighted by molar-refractivity contribution is 0.0637. The summed E-state index contributed by atoms with van der Waals surface area (Å²) in [6, 6.07) is 9.26. The second kappa shape index (κ2) is 12.7. The maximum Gasteiger partial charge on any atom is 0.248 e. The van der Waals surface area contributed by atoms with E-state index in [1.54, 1.807) is 0 Å². The van der Waals surface area contributed by atoms with E-state index in [2.05, 4.69) is 34.9 Å². The molecule has 35 heavy (non-hydrogen) atoms. The normalized spacial score (nSPS) is 26.5. The zero-order valence-electron chi connectivity index (χ0n) is 22.1. The van der Waals surface area contributed by atoms with E-state index in [0.29, 0.717) is 23.6 Å². The number of aliphatic hydroxyl groups excluding tert-OH is 1. The number of piperidine rings is 1. The summed E-state index contributed by atoms with van der Waals surface area (Å²) in [5, 5.41) is 10.8. The number of amides is 1. The van der Waals surface area contributed by atoms with E-state index < -0.39 is 0 Å². The zero-order valence-corrected chi connectivity index (χ0v) is 22.1. The molecular weight excluding hydrogens is 436 g/mol. The number of rotatable bonds is 12. The average molecular weight is 485 g/mol. The van der Waals surface area contributed by atoms with E-state index in [1.165, 1.54) is 63.4 Å². The monoisotopic (exact) mass is 484 g/mol. The Balaban J connectivity index is 1.34. The molecule has 6 nitrogen and oxygen atoms in total. The SMILES string of the molecule is CN(C)CC[C@H](O)CN(CCN1C2CCC1CC(c1cccc(C(N)=O)c1)C2)CC1CCCCC1. The van der Waals surface area contributed by atoms with Gasteiger partial charge in [0.2, 0.25) is 5.91 Å². The molecule has 2 bridgehead atoms. The molecule has 1 aliphatic carbocycles. The van der Waals surface area contributed by atoms with Gasteiger partial charge in [-0.3, -0.25) is 14.6 Å². The number of fused-ring (bicyclic) bond motifs is 2. The molecular formula is C29H48N4O2. The molecule has 0 radical (unpaired) electrons. The second-order valence-corrected chi connectivity index (χ2v) is 11.8. The Labute approximate surface area is 212 Å². The van der Waals surface area contributed by atoms with Gasteiger partial charge >= 0.3 is 0 Å². The third-order valence-electron chi connectivity index (χ3n) is 8.82. The first-order valence-corrected chi connectivity index (χ1v) is 14.1. The van der Waals surface area contributed by atoms with Gasteiger partial charge in [0.15, 0.2) is 0 Å². The fourth-order valence-electron chi connectivity index (χ4n) is 6.90. The lowest BCUT2D eigenvalue weighted by Gasteiger charge is -2.41. The Morgan fingerprint density at radius 2 is 1.80 bits per heavy atom. The first-order valence-electron chi connectivity index (χ1n) is 14.1. The molecule has 1 aromatic rings. The number of benzene rings is 1. The van der Waals surface area contributed by atoms with Crippen LogP contribution in [0.15, 0.2) is 24.3 Å². The van der Waals surface area contributed by atoms with Crippen molar-refractivity contribution in [2.75, 3.05) is 46.8 Å². The van der Waals surface area contributed by atoms with Crippen molar-refractivity contribution in [2.45, 2.75) is 88.3 Å². The maximum absolute atomic E-state index is 11.7. The van der Waals surface area contributed by atoms with Crippen molar-refractivity contribution in [3.05, 3.63) is 35.4 Å². The first kappa shape index (κ1) is 26.6. The van der Waals surface area contributed by atoms with Crippen molar-refractivity contribution in [3.63, 3.8) is 0 Å². The standard InChI is InChI=1S/C29H48N4O2/c1-31(2)14-13-28(34)21-32(20-22-7-4-3-5-8-22)15-16-33-26-11-12-27(33)19-25(18-26)23-9-6-10-24(17-23)29(30)35/h6,9-10,17,22,25-28,34H,3-5,7-8,11-16,18-21H2,1-2H3,(H2,30,35)/t25?,26?,27?,28-/m0/s1. The van der Waals surface area contributed by atoms with Crippen molar-refractivity contribution < 1.29 is 9.90 Å². The summed E-state index contributed by atoms with van der Waals surface area (Å²) in [5.74, 6) is 0.983. The molecule has 2 heterocycles. The molecule has 196 valence electrons. The highest BCUT2D eigenvalue weighted by Crippen LogP contribution is 2.43. The van der Waals surface area contributed by atoms with Crippen LogP contribution in [0.1, 0.15) is 86.0 Å². The van der Waals surface area contributed by atoms with Crippen molar-refractivity contribution in [2.24, 2.45) is 11.7 Å². The molecule has 0 aromatic heterocycles. The zero-order chi connectivity index (χ0) is 24.8. The predicted octanol–water partition coefficient (Wildman–Crippen LogP) is 3.69. The molecule has 6 heteroatoms. The Hall–Kier alpha value is -1.47. The number of carbonyl (C=O) groups excluding carboxylic acids is 1. The molecule has 2 aliphatic heterocycles. The van der Waals surface area contributed by atoms with Crippen LogP contribution in [0, 0.1) is 5.92 Å². The molecule has 4 rings (SSSR count).